The summed E-state index contributed by atoms with van der Waals surface area (Å²) in [6, 6.07) is 0. The summed E-state index contributed by atoms with van der Waals surface area (Å²) in [6.45, 7) is 0.993. The van der Waals surface area contributed by atoms with Crippen LogP contribution in [0.15, 0.2) is 0 Å². The molecule has 0 saturated carbocycles. The van der Waals surface area contributed by atoms with Crippen LogP contribution in [0.2, 0.25) is 0 Å². The molecule has 2 unspecified atom stereocenters. The highest BCUT2D eigenvalue weighted by Crippen LogP contribution is 2.03. The van der Waals surface area contributed by atoms with Crippen molar-refractivity contribution in [1.82, 2.24) is 10.2 Å². The Morgan fingerprint density at radius 2 is 2.40 bits per heavy atom. The van der Waals surface area contributed by atoms with Gasteiger partial charge in [-0.15, -0.1) is 0 Å². The zero-order valence-corrected chi connectivity index (χ0v) is 6.50. The normalized spacial score (nSPS) is 36.3. The molecule has 0 spiro atoms. The van der Waals surface area contributed by atoms with Gasteiger partial charge in [0.05, 0.1) is 6.17 Å². The Bertz CT molecular complexity index is 109. The predicted molar refractivity (Wildman–Crippen MR) is 39.2 cm³/mol. The van der Waals surface area contributed by atoms with Gasteiger partial charge in [0.15, 0.2) is 6.35 Å². The minimum Gasteiger partial charge on any atom is -0.353 e. The molecule has 2 atom stereocenters. The van der Waals surface area contributed by atoms with Gasteiger partial charge in [-0.25, -0.2) is 0 Å². The maximum atomic E-state index is 5.65. The lowest BCUT2D eigenvalue weighted by atomic mass is 10.3. The Hall–Kier alpha value is -0.160. The lowest BCUT2D eigenvalue weighted by molar-refractivity contribution is -0.0696. The second-order valence-electron chi connectivity index (χ2n) is 2.63. The van der Waals surface area contributed by atoms with E-state index < -0.39 is 0 Å². The summed E-state index contributed by atoms with van der Waals surface area (Å²) in [6.07, 6.45) is 1.06. The van der Waals surface area contributed by atoms with E-state index in [9.17, 15) is 0 Å². The average molecular weight is 145 g/mol. The van der Waals surface area contributed by atoms with Crippen LogP contribution < -0.4 is 11.1 Å². The Labute approximate surface area is 61.3 Å². The van der Waals surface area contributed by atoms with E-state index in [0.29, 0.717) is 0 Å². The highest BCUT2D eigenvalue weighted by atomic mass is 16.5. The highest BCUT2D eigenvalue weighted by molar-refractivity contribution is 4.70. The van der Waals surface area contributed by atoms with E-state index in [1.165, 1.54) is 0 Å². The molecule has 4 nitrogen and oxygen atoms in total. The van der Waals surface area contributed by atoms with Crippen molar-refractivity contribution in [1.29, 1.82) is 0 Å². The lowest BCUT2D eigenvalue weighted by Gasteiger charge is -2.35. The van der Waals surface area contributed by atoms with Crippen molar-refractivity contribution in [2.24, 2.45) is 5.73 Å². The third kappa shape index (κ3) is 1.67. The van der Waals surface area contributed by atoms with Crippen molar-refractivity contribution in [2.75, 3.05) is 20.7 Å². The number of methoxy groups -OCH3 is 1. The third-order valence-electron chi connectivity index (χ3n) is 1.77. The molecule has 0 aromatic heterocycles. The van der Waals surface area contributed by atoms with E-state index in [-0.39, 0.29) is 12.5 Å². The molecule has 1 aliphatic heterocycles. The molecule has 1 saturated heterocycles. The lowest BCUT2D eigenvalue weighted by Crippen LogP contribution is -2.58. The first-order valence-corrected chi connectivity index (χ1v) is 3.48. The zero-order chi connectivity index (χ0) is 7.56. The zero-order valence-electron chi connectivity index (χ0n) is 6.50. The summed E-state index contributed by atoms with van der Waals surface area (Å²) in [5.74, 6) is 0. The van der Waals surface area contributed by atoms with Gasteiger partial charge in [0.1, 0.15) is 0 Å². The Morgan fingerprint density at radius 1 is 1.70 bits per heavy atom. The molecule has 0 bridgehead atoms. The van der Waals surface area contributed by atoms with Crippen molar-refractivity contribution in [2.45, 2.75) is 18.9 Å². The monoisotopic (exact) mass is 145 g/mol. The van der Waals surface area contributed by atoms with E-state index in [1.54, 1.807) is 7.11 Å². The summed E-state index contributed by atoms with van der Waals surface area (Å²) in [7, 11) is 3.68. The second kappa shape index (κ2) is 3.30. The van der Waals surface area contributed by atoms with Crippen LogP contribution in [0.25, 0.3) is 0 Å². The molecule has 1 aliphatic rings. The maximum absolute atomic E-state index is 5.65. The first kappa shape index (κ1) is 7.94. The largest absolute Gasteiger partial charge is 0.353 e. The fraction of sp³-hybridized carbons (Fsp3) is 1.00. The second-order valence-corrected chi connectivity index (χ2v) is 2.63. The first-order chi connectivity index (χ1) is 4.74. The molecule has 1 rings (SSSR count). The Morgan fingerprint density at radius 3 is 2.90 bits per heavy atom. The smallest absolute Gasteiger partial charge is 0.166 e. The third-order valence-corrected chi connectivity index (χ3v) is 1.77. The van der Waals surface area contributed by atoms with Crippen LogP contribution >= 0.6 is 0 Å². The Balaban J connectivity index is 2.38. The number of rotatable bonds is 1. The summed E-state index contributed by atoms with van der Waals surface area (Å²) >= 11 is 0. The average Bonchev–Trinajstić information content (AvgIpc) is 1.94. The van der Waals surface area contributed by atoms with Crippen LogP contribution in [0.5, 0.6) is 0 Å². The molecule has 4 heteroatoms. The Kier molecular flexibility index (Phi) is 2.62. The molecular weight excluding hydrogens is 130 g/mol. The number of nitrogens with two attached hydrogens (primary N) is 1. The van der Waals surface area contributed by atoms with E-state index in [0.717, 1.165) is 13.0 Å². The number of nitrogens with zero attached hydrogens (tertiary/aromatic N) is 1. The molecule has 0 radical (unpaired) electrons. The number of hydrogen-bond acceptors (Lipinski definition) is 4. The van der Waals surface area contributed by atoms with Gasteiger partial charge < -0.3 is 10.5 Å². The van der Waals surface area contributed by atoms with Gasteiger partial charge in [-0.2, -0.15) is 0 Å². The summed E-state index contributed by atoms with van der Waals surface area (Å²) < 4.78 is 5.11. The van der Waals surface area contributed by atoms with Gasteiger partial charge in [0.2, 0.25) is 0 Å². The van der Waals surface area contributed by atoms with Gasteiger partial charge in [-0.05, 0) is 13.5 Å². The van der Waals surface area contributed by atoms with Crippen molar-refractivity contribution < 1.29 is 4.74 Å². The van der Waals surface area contributed by atoms with Crippen LogP contribution in [0.4, 0.5) is 0 Å². The molecular formula is C6H15N3O. The minimum absolute atomic E-state index is 0.0104. The molecule has 0 aliphatic carbocycles. The predicted octanol–water partition coefficient (Wildman–Crippen LogP) is -0.874. The van der Waals surface area contributed by atoms with E-state index in [1.807, 2.05) is 7.05 Å². The SMILES string of the molecule is COC1NC(N)CCN1C. The molecule has 0 aromatic rings. The van der Waals surface area contributed by atoms with Crippen molar-refractivity contribution in [3.8, 4) is 0 Å². The van der Waals surface area contributed by atoms with Crippen LogP contribution in [0.3, 0.4) is 0 Å². The van der Waals surface area contributed by atoms with Crippen molar-refractivity contribution >= 4 is 0 Å². The van der Waals surface area contributed by atoms with E-state index in [2.05, 4.69) is 10.2 Å². The maximum Gasteiger partial charge on any atom is 0.166 e. The number of nitrogens with one attached hydrogen (secondary N) is 1. The first-order valence-electron chi connectivity index (χ1n) is 3.48. The van der Waals surface area contributed by atoms with Crippen LogP contribution in [0.1, 0.15) is 6.42 Å². The van der Waals surface area contributed by atoms with E-state index >= 15 is 0 Å². The molecule has 0 aromatic carbocycles. The van der Waals surface area contributed by atoms with Gasteiger partial charge in [0, 0.05) is 13.7 Å². The molecule has 1 heterocycles. The molecule has 0 amide bonds. The van der Waals surface area contributed by atoms with Crippen LogP contribution in [-0.4, -0.2) is 38.1 Å². The molecule has 60 valence electrons. The molecule has 10 heavy (non-hydrogen) atoms. The van der Waals surface area contributed by atoms with Crippen LogP contribution in [0, 0.1) is 0 Å². The summed E-state index contributed by atoms with van der Waals surface area (Å²) in [4.78, 5) is 2.09. The van der Waals surface area contributed by atoms with Crippen LogP contribution in [-0.2, 0) is 4.74 Å². The topological polar surface area (TPSA) is 50.5 Å². The fourth-order valence-electron chi connectivity index (χ4n) is 1.10. The van der Waals surface area contributed by atoms with Gasteiger partial charge in [-0.3, -0.25) is 10.2 Å². The van der Waals surface area contributed by atoms with E-state index in [4.69, 9.17) is 10.5 Å². The van der Waals surface area contributed by atoms with Crippen molar-refractivity contribution in [3.63, 3.8) is 0 Å². The number of ether oxygens (including phenoxy) is 1. The standard InChI is InChI=1S/C6H15N3O/c1-9-4-3-5(7)8-6(9)10-2/h5-6,8H,3-4,7H2,1-2H3. The van der Waals surface area contributed by atoms with Gasteiger partial charge >= 0.3 is 0 Å². The van der Waals surface area contributed by atoms with Gasteiger partial charge in [0.25, 0.3) is 0 Å². The van der Waals surface area contributed by atoms with Gasteiger partial charge in [-0.1, -0.05) is 0 Å². The fourth-order valence-corrected chi connectivity index (χ4v) is 1.10. The molecule has 3 N–H and O–H groups in total. The highest BCUT2D eigenvalue weighted by Gasteiger charge is 2.21. The summed E-state index contributed by atoms with van der Waals surface area (Å²) in [5.41, 5.74) is 5.65. The van der Waals surface area contributed by atoms with Crippen molar-refractivity contribution in [3.05, 3.63) is 0 Å². The minimum atomic E-state index is -0.0104. The quantitative estimate of drug-likeness (QED) is 0.503. The molecule has 1 fully saturated rings. The number of hydrogen-bond donors (Lipinski definition) is 2. The summed E-state index contributed by atoms with van der Waals surface area (Å²) in [5, 5.41) is 3.10.